The second-order valence-corrected chi connectivity index (χ2v) is 6.42. The Morgan fingerprint density at radius 3 is 2.93 bits per heavy atom. The van der Waals surface area contributed by atoms with E-state index >= 15 is 0 Å². The molecule has 27 heavy (non-hydrogen) atoms. The van der Waals surface area contributed by atoms with Crippen LogP contribution in [0.3, 0.4) is 0 Å². The number of carbonyl (C=O) groups is 1. The summed E-state index contributed by atoms with van der Waals surface area (Å²) in [4.78, 5) is 20.4. The van der Waals surface area contributed by atoms with Gasteiger partial charge in [-0.25, -0.2) is 18.7 Å². The lowest BCUT2D eigenvalue weighted by Gasteiger charge is -2.22. The zero-order valence-electron chi connectivity index (χ0n) is 15.0. The summed E-state index contributed by atoms with van der Waals surface area (Å²) in [7, 11) is 3.54. The first-order valence-corrected chi connectivity index (χ1v) is 8.50. The molecule has 0 fully saturated rings. The van der Waals surface area contributed by atoms with Crippen LogP contribution in [0.1, 0.15) is 5.56 Å². The third kappa shape index (κ3) is 3.35. The minimum Gasteiger partial charge on any atom is -0.491 e. The molecule has 140 valence electrons. The number of hydrogen-bond donors (Lipinski definition) is 1. The molecule has 2 amide bonds. The number of benzene rings is 1. The Bertz CT molecular complexity index is 1000. The topological polar surface area (TPSA) is 75.0 Å². The van der Waals surface area contributed by atoms with Gasteiger partial charge in [0, 0.05) is 32.4 Å². The second kappa shape index (κ2) is 6.75. The molecular formula is C18H19FN6O2. The van der Waals surface area contributed by atoms with Gasteiger partial charge in [0.2, 0.25) is 0 Å². The van der Waals surface area contributed by atoms with E-state index < -0.39 is 0 Å². The molecule has 2 bridgehead atoms. The first kappa shape index (κ1) is 17.1. The van der Waals surface area contributed by atoms with E-state index in [4.69, 9.17) is 4.74 Å². The molecule has 0 atom stereocenters. The van der Waals surface area contributed by atoms with Crippen LogP contribution in [0.15, 0.2) is 36.7 Å². The van der Waals surface area contributed by atoms with Crippen LogP contribution in [0.4, 0.5) is 20.7 Å². The van der Waals surface area contributed by atoms with Crippen LogP contribution in [0.5, 0.6) is 5.75 Å². The lowest BCUT2D eigenvalue weighted by molar-refractivity contribution is 0.207. The molecule has 1 aromatic carbocycles. The van der Waals surface area contributed by atoms with Crippen LogP contribution in [0, 0.1) is 5.82 Å². The van der Waals surface area contributed by atoms with Gasteiger partial charge in [0.15, 0.2) is 5.65 Å². The molecule has 2 aromatic heterocycles. The molecule has 9 heteroatoms. The third-order valence-corrected chi connectivity index (χ3v) is 4.45. The third-order valence-electron chi connectivity index (χ3n) is 4.45. The van der Waals surface area contributed by atoms with Gasteiger partial charge >= 0.3 is 6.03 Å². The van der Waals surface area contributed by atoms with Crippen LogP contribution >= 0.6 is 0 Å². The van der Waals surface area contributed by atoms with E-state index in [1.54, 1.807) is 30.0 Å². The number of aromatic nitrogens is 3. The Morgan fingerprint density at radius 1 is 1.22 bits per heavy atom. The Kier molecular flexibility index (Phi) is 4.27. The van der Waals surface area contributed by atoms with E-state index in [0.717, 1.165) is 0 Å². The second-order valence-electron chi connectivity index (χ2n) is 6.42. The highest BCUT2D eigenvalue weighted by molar-refractivity contribution is 5.93. The van der Waals surface area contributed by atoms with Crippen molar-refractivity contribution in [3.8, 4) is 5.75 Å². The smallest absolute Gasteiger partial charge is 0.321 e. The number of urea groups is 1. The number of halogens is 1. The fourth-order valence-electron chi connectivity index (χ4n) is 2.91. The predicted molar refractivity (Wildman–Crippen MR) is 98.6 cm³/mol. The van der Waals surface area contributed by atoms with Crippen molar-refractivity contribution in [1.82, 2.24) is 19.5 Å². The van der Waals surface area contributed by atoms with Gasteiger partial charge in [-0.3, -0.25) is 0 Å². The van der Waals surface area contributed by atoms with E-state index in [0.29, 0.717) is 48.2 Å². The van der Waals surface area contributed by atoms with Crippen molar-refractivity contribution in [2.45, 2.75) is 6.54 Å². The first-order chi connectivity index (χ1) is 13.0. The molecular weight excluding hydrogens is 351 g/mol. The highest BCUT2D eigenvalue weighted by Crippen LogP contribution is 2.25. The summed E-state index contributed by atoms with van der Waals surface area (Å²) in [5, 5.41) is 7.03. The van der Waals surface area contributed by atoms with E-state index in [9.17, 15) is 9.18 Å². The molecule has 1 aliphatic rings. The number of anilines is 2. The predicted octanol–water partition coefficient (Wildman–Crippen LogP) is 2.36. The molecule has 8 nitrogen and oxygen atoms in total. The SMILES string of the molecule is CN1CCOc2ccc(F)cc2CN(C)c2ccn3ncc(c3n2)NC1=O. The maximum absolute atomic E-state index is 13.8. The highest BCUT2D eigenvalue weighted by Gasteiger charge is 2.17. The lowest BCUT2D eigenvalue weighted by atomic mass is 10.2. The largest absolute Gasteiger partial charge is 0.491 e. The van der Waals surface area contributed by atoms with Gasteiger partial charge in [-0.15, -0.1) is 0 Å². The Balaban J connectivity index is 1.78. The van der Waals surface area contributed by atoms with E-state index in [2.05, 4.69) is 15.4 Å². The van der Waals surface area contributed by atoms with Crippen molar-refractivity contribution in [2.75, 3.05) is 37.5 Å². The molecule has 1 N–H and O–H groups in total. The van der Waals surface area contributed by atoms with E-state index in [1.165, 1.54) is 17.0 Å². The quantitative estimate of drug-likeness (QED) is 0.658. The minimum absolute atomic E-state index is 0.287. The number of nitrogens with zero attached hydrogens (tertiary/aromatic N) is 5. The van der Waals surface area contributed by atoms with Gasteiger partial charge in [0.1, 0.15) is 29.7 Å². The molecule has 0 aliphatic carbocycles. The monoisotopic (exact) mass is 370 g/mol. The number of likely N-dealkylation sites (N-methyl/N-ethyl adjacent to an activating group) is 1. The maximum atomic E-state index is 13.8. The fraction of sp³-hybridized carbons (Fsp3) is 0.278. The molecule has 3 aromatic rings. The summed E-state index contributed by atoms with van der Waals surface area (Å²) >= 11 is 0. The number of hydrogen-bond acceptors (Lipinski definition) is 5. The Labute approximate surface area is 155 Å². The Hall–Kier alpha value is -3.36. The molecule has 0 unspecified atom stereocenters. The molecule has 0 saturated carbocycles. The summed E-state index contributed by atoms with van der Waals surface area (Å²) < 4.78 is 21.2. The number of nitrogens with one attached hydrogen (secondary N) is 1. The maximum Gasteiger partial charge on any atom is 0.321 e. The van der Waals surface area contributed by atoms with Crippen molar-refractivity contribution < 1.29 is 13.9 Å². The van der Waals surface area contributed by atoms with Crippen LogP contribution in [0.2, 0.25) is 0 Å². The molecule has 4 rings (SSSR count). The van der Waals surface area contributed by atoms with Gasteiger partial charge in [-0.1, -0.05) is 0 Å². The van der Waals surface area contributed by atoms with Gasteiger partial charge in [-0.2, -0.15) is 5.10 Å². The summed E-state index contributed by atoms with van der Waals surface area (Å²) in [5.41, 5.74) is 1.76. The standard InChI is InChI=1S/C18H19FN6O2/c1-23-7-8-27-15-4-3-13(19)9-12(15)11-24(2)16-5-6-25-17(22-16)14(10-20-25)21-18(23)26/h3-6,9-10H,7-8,11H2,1-2H3,(H,21,26). The zero-order chi connectivity index (χ0) is 19.0. The molecule has 0 saturated heterocycles. The highest BCUT2D eigenvalue weighted by atomic mass is 19.1. The molecule has 3 heterocycles. The normalized spacial score (nSPS) is 15.3. The molecule has 0 radical (unpaired) electrons. The number of amides is 2. The number of rotatable bonds is 0. The first-order valence-electron chi connectivity index (χ1n) is 8.50. The summed E-state index contributed by atoms with van der Waals surface area (Å²) in [6, 6.07) is 5.95. The van der Waals surface area contributed by atoms with E-state index in [1.807, 2.05) is 18.0 Å². The van der Waals surface area contributed by atoms with Crippen LogP contribution in [-0.4, -0.2) is 52.8 Å². The van der Waals surface area contributed by atoms with Crippen LogP contribution in [-0.2, 0) is 6.54 Å². The average molecular weight is 370 g/mol. The van der Waals surface area contributed by atoms with Crippen molar-refractivity contribution in [2.24, 2.45) is 0 Å². The van der Waals surface area contributed by atoms with Gasteiger partial charge in [0.25, 0.3) is 0 Å². The van der Waals surface area contributed by atoms with Gasteiger partial charge in [0.05, 0.1) is 12.7 Å². The van der Waals surface area contributed by atoms with Crippen molar-refractivity contribution in [3.63, 3.8) is 0 Å². The molecule has 1 aliphatic heterocycles. The number of fused-ring (bicyclic) bond motifs is 2. The Morgan fingerprint density at radius 2 is 2.07 bits per heavy atom. The number of ether oxygens (including phenoxy) is 1. The van der Waals surface area contributed by atoms with E-state index in [-0.39, 0.29) is 11.8 Å². The molecule has 0 spiro atoms. The van der Waals surface area contributed by atoms with Crippen molar-refractivity contribution in [1.29, 1.82) is 0 Å². The number of carbonyl (C=O) groups excluding carboxylic acids is 1. The summed E-state index contributed by atoms with van der Waals surface area (Å²) in [6.45, 7) is 1.08. The zero-order valence-corrected chi connectivity index (χ0v) is 15.0. The van der Waals surface area contributed by atoms with Crippen molar-refractivity contribution >= 4 is 23.2 Å². The van der Waals surface area contributed by atoms with Gasteiger partial charge in [-0.05, 0) is 24.3 Å². The summed E-state index contributed by atoms with van der Waals surface area (Å²) in [5.74, 6) is 0.921. The minimum atomic E-state index is -0.329. The summed E-state index contributed by atoms with van der Waals surface area (Å²) in [6.07, 6.45) is 3.33. The van der Waals surface area contributed by atoms with Crippen LogP contribution < -0.4 is 15.0 Å². The van der Waals surface area contributed by atoms with Crippen LogP contribution in [0.25, 0.3) is 5.65 Å². The average Bonchev–Trinajstić information content (AvgIpc) is 3.04. The van der Waals surface area contributed by atoms with Crippen molar-refractivity contribution in [3.05, 3.63) is 48.0 Å². The lowest BCUT2D eigenvalue weighted by Crippen LogP contribution is -2.34. The fourth-order valence-corrected chi connectivity index (χ4v) is 2.91. The van der Waals surface area contributed by atoms with Gasteiger partial charge < -0.3 is 19.9 Å².